The number of hydrogen-bond acceptors (Lipinski definition) is 3. The van der Waals surface area contributed by atoms with E-state index in [4.69, 9.17) is 9.84 Å². The van der Waals surface area contributed by atoms with Gasteiger partial charge in [-0.1, -0.05) is 30.3 Å². The zero-order valence-corrected chi connectivity index (χ0v) is 10.8. The fourth-order valence-corrected chi connectivity index (χ4v) is 1.67. The van der Waals surface area contributed by atoms with E-state index in [1.54, 1.807) is 30.3 Å². The third-order valence-electron chi connectivity index (χ3n) is 2.60. The molecule has 0 saturated heterocycles. The van der Waals surface area contributed by atoms with Crippen molar-refractivity contribution >= 4 is 11.9 Å². The molecule has 0 spiro atoms. The molecule has 2 N–H and O–H groups in total. The average molecular weight is 287 g/mol. The summed E-state index contributed by atoms with van der Waals surface area (Å²) in [5.41, 5.74) is 0.508. The molecule has 1 aromatic carbocycles. The van der Waals surface area contributed by atoms with Gasteiger partial charge in [-0.05, 0) is 5.56 Å². The van der Waals surface area contributed by atoms with Crippen LogP contribution < -0.4 is 5.32 Å². The fraction of sp³-hybridized carbons (Fsp3) is 0.385. The highest BCUT2D eigenvalue weighted by molar-refractivity contribution is 5.87. The smallest absolute Gasteiger partial charge is 0.326 e. The van der Waals surface area contributed by atoms with Crippen molar-refractivity contribution in [1.29, 1.82) is 0 Å². The number of halogens is 2. The van der Waals surface area contributed by atoms with Gasteiger partial charge in [0.05, 0.1) is 0 Å². The first-order valence-corrected chi connectivity index (χ1v) is 5.84. The molecule has 0 bridgehead atoms. The van der Waals surface area contributed by atoms with Crippen molar-refractivity contribution in [2.24, 2.45) is 0 Å². The molecule has 0 saturated carbocycles. The maximum absolute atomic E-state index is 12.3. The van der Waals surface area contributed by atoms with Crippen LogP contribution in [-0.4, -0.2) is 36.6 Å². The molecule has 0 aliphatic heterocycles. The summed E-state index contributed by atoms with van der Waals surface area (Å²) in [5, 5.41) is 10.9. The molecule has 1 rings (SSSR count). The lowest BCUT2D eigenvalue weighted by molar-refractivity contribution is -0.145. The number of rotatable bonds is 7. The molecule has 2 unspecified atom stereocenters. The Kier molecular flexibility index (Phi) is 6.05. The van der Waals surface area contributed by atoms with E-state index in [1.807, 2.05) is 0 Å². The van der Waals surface area contributed by atoms with Crippen molar-refractivity contribution in [2.45, 2.75) is 25.0 Å². The van der Waals surface area contributed by atoms with E-state index in [2.05, 4.69) is 5.32 Å². The van der Waals surface area contributed by atoms with E-state index < -0.39 is 36.9 Å². The summed E-state index contributed by atoms with van der Waals surface area (Å²) >= 11 is 0. The number of carbonyl (C=O) groups is 2. The second-order valence-electron chi connectivity index (χ2n) is 4.05. The van der Waals surface area contributed by atoms with Gasteiger partial charge in [-0.25, -0.2) is 13.6 Å². The van der Waals surface area contributed by atoms with Crippen molar-refractivity contribution < 1.29 is 28.2 Å². The number of alkyl halides is 2. The normalized spacial score (nSPS) is 13.8. The molecule has 1 amide bonds. The molecular weight excluding hydrogens is 272 g/mol. The van der Waals surface area contributed by atoms with Gasteiger partial charge in [-0.3, -0.25) is 4.79 Å². The Bertz CT molecular complexity index is 453. The first-order valence-electron chi connectivity index (χ1n) is 5.84. The van der Waals surface area contributed by atoms with Crippen LogP contribution in [0.3, 0.4) is 0 Å². The van der Waals surface area contributed by atoms with Crippen LogP contribution >= 0.6 is 0 Å². The quantitative estimate of drug-likeness (QED) is 0.798. The number of aliphatic carboxylic acids is 1. The molecule has 110 valence electrons. The third-order valence-corrected chi connectivity index (χ3v) is 2.60. The number of carbonyl (C=O) groups excluding carboxylic acids is 1. The number of nitrogens with one attached hydrogen (secondary N) is 1. The van der Waals surface area contributed by atoms with E-state index in [-0.39, 0.29) is 0 Å². The number of methoxy groups -OCH3 is 1. The van der Waals surface area contributed by atoms with Gasteiger partial charge in [0.25, 0.3) is 5.91 Å². The van der Waals surface area contributed by atoms with Gasteiger partial charge in [0.2, 0.25) is 6.43 Å². The van der Waals surface area contributed by atoms with Crippen LogP contribution in [0.15, 0.2) is 30.3 Å². The lowest BCUT2D eigenvalue weighted by atomic mass is 10.1. The van der Waals surface area contributed by atoms with E-state index in [9.17, 15) is 18.4 Å². The summed E-state index contributed by atoms with van der Waals surface area (Å²) in [5.74, 6) is -2.28. The minimum Gasteiger partial charge on any atom is -0.480 e. The fourth-order valence-electron chi connectivity index (χ4n) is 1.67. The third kappa shape index (κ3) is 4.58. The van der Waals surface area contributed by atoms with E-state index in [0.717, 1.165) is 0 Å². The van der Waals surface area contributed by atoms with Crippen molar-refractivity contribution in [3.8, 4) is 0 Å². The molecule has 0 aromatic heterocycles. The van der Waals surface area contributed by atoms with Crippen LogP contribution in [0.25, 0.3) is 0 Å². The van der Waals surface area contributed by atoms with E-state index >= 15 is 0 Å². The van der Waals surface area contributed by atoms with Crippen LogP contribution in [0, 0.1) is 0 Å². The molecule has 5 nitrogen and oxygen atoms in total. The Morgan fingerprint density at radius 3 is 2.35 bits per heavy atom. The SMILES string of the molecule is COC(C(=O)NC(CC(F)F)C(=O)O)c1ccccc1. The number of carboxylic acid groups (broad SMARTS) is 1. The maximum atomic E-state index is 12.3. The molecule has 7 heteroatoms. The Labute approximate surface area is 114 Å². The molecule has 0 heterocycles. The second kappa shape index (κ2) is 7.54. The average Bonchev–Trinajstić information content (AvgIpc) is 2.39. The molecule has 20 heavy (non-hydrogen) atoms. The number of benzene rings is 1. The topological polar surface area (TPSA) is 75.6 Å². The van der Waals surface area contributed by atoms with Crippen molar-refractivity contribution in [2.75, 3.05) is 7.11 Å². The molecule has 0 aliphatic rings. The summed E-state index contributed by atoms with van der Waals surface area (Å²) in [7, 11) is 1.28. The Balaban J connectivity index is 2.78. The minimum atomic E-state index is -2.82. The monoisotopic (exact) mass is 287 g/mol. The summed E-state index contributed by atoms with van der Waals surface area (Å²) in [6, 6.07) is 6.70. The highest BCUT2D eigenvalue weighted by atomic mass is 19.3. The first kappa shape index (κ1) is 16.0. The summed E-state index contributed by atoms with van der Waals surface area (Å²) in [6.07, 6.45) is -4.82. The molecule has 0 fully saturated rings. The van der Waals surface area contributed by atoms with Crippen molar-refractivity contribution in [1.82, 2.24) is 5.32 Å². The first-order chi connectivity index (χ1) is 9.45. The van der Waals surface area contributed by atoms with Crippen LogP contribution in [0.5, 0.6) is 0 Å². The highest BCUT2D eigenvalue weighted by Crippen LogP contribution is 2.17. The Morgan fingerprint density at radius 1 is 1.30 bits per heavy atom. The van der Waals surface area contributed by atoms with Gasteiger partial charge >= 0.3 is 5.97 Å². The van der Waals surface area contributed by atoms with Gasteiger partial charge < -0.3 is 15.2 Å². The van der Waals surface area contributed by atoms with Crippen molar-refractivity contribution in [3.05, 3.63) is 35.9 Å². The highest BCUT2D eigenvalue weighted by Gasteiger charge is 2.28. The summed E-state index contributed by atoms with van der Waals surface area (Å²) in [4.78, 5) is 22.8. The molecular formula is C13H15F2NO4. The molecule has 2 atom stereocenters. The van der Waals surface area contributed by atoms with E-state index in [0.29, 0.717) is 5.56 Å². The summed E-state index contributed by atoms with van der Waals surface area (Å²) < 4.78 is 29.5. The lowest BCUT2D eigenvalue weighted by Gasteiger charge is -2.19. The number of carboxylic acids is 1. The zero-order chi connectivity index (χ0) is 15.1. The van der Waals surface area contributed by atoms with Gasteiger partial charge in [-0.2, -0.15) is 0 Å². The summed E-state index contributed by atoms with van der Waals surface area (Å²) in [6.45, 7) is 0. The van der Waals surface area contributed by atoms with Gasteiger partial charge in [0.15, 0.2) is 6.10 Å². The predicted molar refractivity (Wildman–Crippen MR) is 66.4 cm³/mol. The van der Waals surface area contributed by atoms with Crippen molar-refractivity contribution in [3.63, 3.8) is 0 Å². The minimum absolute atomic E-state index is 0.508. The zero-order valence-electron chi connectivity index (χ0n) is 10.8. The number of amides is 1. The Hall–Kier alpha value is -2.02. The molecule has 1 aromatic rings. The van der Waals surface area contributed by atoms with Crippen LogP contribution in [0.4, 0.5) is 8.78 Å². The van der Waals surface area contributed by atoms with Crippen LogP contribution in [0.1, 0.15) is 18.1 Å². The number of hydrogen-bond donors (Lipinski definition) is 2. The maximum Gasteiger partial charge on any atom is 0.326 e. The second-order valence-corrected chi connectivity index (χ2v) is 4.05. The predicted octanol–water partition coefficient (Wildman–Crippen LogP) is 1.60. The Morgan fingerprint density at radius 2 is 1.90 bits per heavy atom. The lowest BCUT2D eigenvalue weighted by Crippen LogP contribution is -2.44. The van der Waals surface area contributed by atoms with Crippen LogP contribution in [-0.2, 0) is 14.3 Å². The standard InChI is InChI=1S/C13H15F2NO4/c1-20-11(8-5-3-2-4-6-8)12(17)16-9(13(18)19)7-10(14)15/h2-6,9-11H,7H2,1H3,(H,16,17)(H,18,19). The van der Waals surface area contributed by atoms with Gasteiger partial charge in [-0.15, -0.1) is 0 Å². The van der Waals surface area contributed by atoms with Gasteiger partial charge in [0.1, 0.15) is 6.04 Å². The van der Waals surface area contributed by atoms with Gasteiger partial charge in [0, 0.05) is 13.5 Å². The molecule has 0 radical (unpaired) electrons. The molecule has 0 aliphatic carbocycles. The largest absolute Gasteiger partial charge is 0.480 e. The van der Waals surface area contributed by atoms with Crippen LogP contribution in [0.2, 0.25) is 0 Å². The number of ether oxygens (including phenoxy) is 1. The van der Waals surface area contributed by atoms with E-state index in [1.165, 1.54) is 7.11 Å².